The smallest absolute Gasteiger partial charge is 0.290 e. The van der Waals surface area contributed by atoms with Crippen molar-refractivity contribution < 1.29 is 14.7 Å². The van der Waals surface area contributed by atoms with E-state index in [9.17, 15) is 14.7 Å². The van der Waals surface area contributed by atoms with E-state index in [0.717, 1.165) is 16.1 Å². The highest BCUT2D eigenvalue weighted by molar-refractivity contribution is 7.17. The minimum absolute atomic E-state index is 0.103. The predicted octanol–water partition coefficient (Wildman–Crippen LogP) is 4.50. The monoisotopic (exact) mass is 419 g/mol. The van der Waals surface area contributed by atoms with Crippen molar-refractivity contribution in [1.29, 1.82) is 0 Å². The molecule has 3 aromatic rings. The molecule has 1 atom stereocenters. The van der Waals surface area contributed by atoms with E-state index in [1.54, 1.807) is 36.4 Å². The SMILES string of the molecule is CCCN1C(=O)C(O)=C(C(=O)c2sc(-c3ccccc3)nc2C)C1c1ccncc1. The average Bonchev–Trinajstić information content (AvgIpc) is 3.28. The first-order valence-electron chi connectivity index (χ1n) is 9.74. The molecule has 7 heteroatoms. The van der Waals surface area contributed by atoms with E-state index < -0.39 is 17.7 Å². The molecule has 1 unspecified atom stereocenters. The Kier molecular flexibility index (Phi) is 5.46. The Morgan fingerprint density at radius 2 is 1.87 bits per heavy atom. The second-order valence-corrected chi connectivity index (χ2v) is 8.07. The maximum atomic E-state index is 13.6. The van der Waals surface area contributed by atoms with Gasteiger partial charge in [-0.25, -0.2) is 4.98 Å². The van der Waals surface area contributed by atoms with Crippen molar-refractivity contribution in [2.24, 2.45) is 0 Å². The molecule has 0 fully saturated rings. The number of benzene rings is 1. The summed E-state index contributed by atoms with van der Waals surface area (Å²) < 4.78 is 0. The summed E-state index contributed by atoms with van der Waals surface area (Å²) in [7, 11) is 0. The van der Waals surface area contributed by atoms with E-state index in [1.807, 2.05) is 37.3 Å². The standard InChI is InChI=1S/C23H21N3O3S/c1-3-13-26-18(15-9-11-24-12-10-15)17(20(28)23(26)29)19(27)21-14(2)25-22(30-21)16-7-5-4-6-8-16/h4-12,18,28H,3,13H2,1-2H3. The molecule has 0 spiro atoms. The van der Waals surface area contributed by atoms with Crippen LogP contribution in [0.4, 0.5) is 0 Å². The zero-order chi connectivity index (χ0) is 21.3. The molecule has 0 aliphatic carbocycles. The van der Waals surface area contributed by atoms with Crippen LogP contribution in [0.1, 0.15) is 40.3 Å². The number of hydrogen-bond donors (Lipinski definition) is 1. The molecular formula is C23H21N3O3S. The van der Waals surface area contributed by atoms with Crippen molar-refractivity contribution >= 4 is 23.0 Å². The zero-order valence-corrected chi connectivity index (χ0v) is 17.5. The van der Waals surface area contributed by atoms with Gasteiger partial charge in [0.15, 0.2) is 5.76 Å². The fraction of sp³-hybridized carbons (Fsp3) is 0.217. The summed E-state index contributed by atoms with van der Waals surface area (Å²) in [6, 6.07) is 12.5. The number of ketones is 1. The molecule has 3 heterocycles. The molecule has 1 aliphatic heterocycles. The van der Waals surface area contributed by atoms with E-state index in [4.69, 9.17) is 0 Å². The van der Waals surface area contributed by atoms with Gasteiger partial charge in [0, 0.05) is 24.5 Å². The van der Waals surface area contributed by atoms with Crippen LogP contribution in [0.15, 0.2) is 66.2 Å². The lowest BCUT2D eigenvalue weighted by Crippen LogP contribution is -2.31. The lowest BCUT2D eigenvalue weighted by atomic mass is 9.96. The first-order valence-corrected chi connectivity index (χ1v) is 10.6. The van der Waals surface area contributed by atoms with Gasteiger partial charge in [-0.2, -0.15) is 0 Å². The largest absolute Gasteiger partial charge is 0.503 e. The third-order valence-electron chi connectivity index (χ3n) is 5.06. The maximum Gasteiger partial charge on any atom is 0.290 e. The van der Waals surface area contributed by atoms with Gasteiger partial charge in [-0.15, -0.1) is 11.3 Å². The topological polar surface area (TPSA) is 83.4 Å². The van der Waals surface area contributed by atoms with Gasteiger partial charge in [-0.3, -0.25) is 14.6 Å². The van der Waals surface area contributed by atoms with Crippen LogP contribution in [-0.2, 0) is 4.79 Å². The number of aromatic nitrogens is 2. The number of Topliss-reactive ketones (excluding diaryl/α,β-unsaturated/α-hetero) is 1. The van der Waals surface area contributed by atoms with E-state index in [1.165, 1.54) is 11.3 Å². The molecule has 1 aliphatic rings. The number of hydrogen-bond acceptors (Lipinski definition) is 6. The number of aliphatic hydroxyl groups excluding tert-OH is 1. The molecule has 1 aromatic carbocycles. The molecule has 0 saturated heterocycles. The second-order valence-electron chi connectivity index (χ2n) is 7.07. The fourth-order valence-electron chi connectivity index (χ4n) is 3.68. The Labute approximate surface area is 178 Å². The van der Waals surface area contributed by atoms with E-state index in [0.29, 0.717) is 23.5 Å². The molecule has 6 nitrogen and oxygen atoms in total. The van der Waals surface area contributed by atoms with Crippen LogP contribution in [-0.4, -0.2) is 38.2 Å². The summed E-state index contributed by atoms with van der Waals surface area (Å²) in [5, 5.41) is 11.4. The highest BCUT2D eigenvalue weighted by Crippen LogP contribution is 2.40. The number of thiazole rings is 1. The Hall–Kier alpha value is -3.32. The minimum Gasteiger partial charge on any atom is -0.503 e. The van der Waals surface area contributed by atoms with E-state index in [2.05, 4.69) is 9.97 Å². The fourth-order valence-corrected chi connectivity index (χ4v) is 4.71. The third kappa shape index (κ3) is 3.41. The lowest BCUT2D eigenvalue weighted by Gasteiger charge is -2.26. The van der Waals surface area contributed by atoms with Gasteiger partial charge in [-0.1, -0.05) is 37.3 Å². The maximum absolute atomic E-state index is 13.6. The number of aryl methyl sites for hydroxylation is 1. The van der Waals surface area contributed by atoms with Gasteiger partial charge >= 0.3 is 0 Å². The van der Waals surface area contributed by atoms with Crippen molar-refractivity contribution in [3.8, 4) is 10.6 Å². The predicted molar refractivity (Wildman–Crippen MR) is 115 cm³/mol. The molecule has 0 radical (unpaired) electrons. The Morgan fingerprint density at radius 1 is 1.17 bits per heavy atom. The highest BCUT2D eigenvalue weighted by Gasteiger charge is 2.44. The van der Waals surface area contributed by atoms with Crippen LogP contribution >= 0.6 is 11.3 Å². The first kappa shape index (κ1) is 20.0. The normalized spacial score (nSPS) is 16.4. The lowest BCUT2D eigenvalue weighted by molar-refractivity contribution is -0.129. The number of carbonyl (C=O) groups is 2. The Balaban J connectivity index is 1.79. The molecule has 30 heavy (non-hydrogen) atoms. The molecule has 152 valence electrons. The van der Waals surface area contributed by atoms with Crippen LogP contribution in [0.5, 0.6) is 0 Å². The van der Waals surface area contributed by atoms with E-state index in [-0.39, 0.29) is 11.4 Å². The molecule has 1 N–H and O–H groups in total. The average molecular weight is 420 g/mol. The number of rotatable bonds is 6. The number of aliphatic hydroxyl groups is 1. The van der Waals surface area contributed by atoms with Gasteiger partial charge in [0.1, 0.15) is 5.01 Å². The Bertz CT molecular complexity index is 1120. The van der Waals surface area contributed by atoms with Gasteiger partial charge in [0.05, 0.1) is 22.2 Å². The van der Waals surface area contributed by atoms with Crippen LogP contribution in [0, 0.1) is 6.92 Å². The number of carbonyl (C=O) groups excluding carboxylic acids is 2. The molecule has 0 saturated carbocycles. The summed E-state index contributed by atoms with van der Waals surface area (Å²) in [5.74, 6) is -1.37. The van der Waals surface area contributed by atoms with Crippen LogP contribution in [0.2, 0.25) is 0 Å². The van der Waals surface area contributed by atoms with E-state index >= 15 is 0 Å². The summed E-state index contributed by atoms with van der Waals surface area (Å²) in [6.45, 7) is 4.16. The van der Waals surface area contributed by atoms with Crippen LogP contribution in [0.3, 0.4) is 0 Å². The molecule has 4 rings (SSSR count). The quantitative estimate of drug-likeness (QED) is 0.595. The minimum atomic E-state index is -0.644. The molecule has 2 aromatic heterocycles. The van der Waals surface area contributed by atoms with Gasteiger partial charge in [-0.05, 0) is 31.0 Å². The first-order chi connectivity index (χ1) is 14.5. The number of pyridine rings is 1. The molecular weight excluding hydrogens is 398 g/mol. The second kappa shape index (κ2) is 8.20. The number of nitrogens with zero attached hydrogens (tertiary/aromatic N) is 3. The molecule has 1 amide bonds. The number of amides is 1. The van der Waals surface area contributed by atoms with Crippen molar-refractivity contribution in [2.45, 2.75) is 26.3 Å². The summed E-state index contributed by atoms with van der Waals surface area (Å²) >= 11 is 1.27. The van der Waals surface area contributed by atoms with Gasteiger partial charge in [0.25, 0.3) is 5.91 Å². The van der Waals surface area contributed by atoms with Crippen LogP contribution in [0.25, 0.3) is 10.6 Å². The zero-order valence-electron chi connectivity index (χ0n) is 16.7. The van der Waals surface area contributed by atoms with Crippen LogP contribution < -0.4 is 0 Å². The van der Waals surface area contributed by atoms with Crippen molar-refractivity contribution in [3.63, 3.8) is 0 Å². The van der Waals surface area contributed by atoms with Crippen molar-refractivity contribution in [2.75, 3.05) is 6.54 Å². The van der Waals surface area contributed by atoms with Gasteiger partial charge < -0.3 is 10.0 Å². The third-order valence-corrected chi connectivity index (χ3v) is 6.26. The van der Waals surface area contributed by atoms with Gasteiger partial charge in [0.2, 0.25) is 5.78 Å². The summed E-state index contributed by atoms with van der Waals surface area (Å²) in [6.07, 6.45) is 3.94. The van der Waals surface area contributed by atoms with Crippen molar-refractivity contribution in [1.82, 2.24) is 14.9 Å². The Morgan fingerprint density at radius 3 is 2.53 bits per heavy atom. The summed E-state index contributed by atoms with van der Waals surface area (Å²) in [4.78, 5) is 36.9. The highest BCUT2D eigenvalue weighted by atomic mass is 32.1. The summed E-state index contributed by atoms with van der Waals surface area (Å²) in [5.41, 5.74) is 2.35. The van der Waals surface area contributed by atoms with Crippen molar-refractivity contribution in [3.05, 3.63) is 82.3 Å². The molecule has 0 bridgehead atoms.